The van der Waals surface area contributed by atoms with Crippen LogP contribution in [-0.2, 0) is 0 Å². The zero-order valence-electron chi connectivity index (χ0n) is 12.7. The third-order valence-corrected chi connectivity index (χ3v) is 6.03. The molecule has 0 spiro atoms. The highest BCUT2D eigenvalue weighted by atomic mass is 32.1. The monoisotopic (exact) mass is 346 g/mol. The molecule has 1 aliphatic heterocycles. The van der Waals surface area contributed by atoms with Gasteiger partial charge in [0, 0.05) is 9.75 Å². The number of anilines is 4. The lowest BCUT2D eigenvalue weighted by Crippen LogP contribution is -2.06. The van der Waals surface area contributed by atoms with Crippen molar-refractivity contribution in [2.45, 2.75) is 0 Å². The first-order valence-electron chi connectivity index (χ1n) is 7.77. The molecule has 0 aliphatic carbocycles. The molecule has 2 N–H and O–H groups in total. The molecule has 2 nitrogen and oxygen atoms in total. The molecular weight excluding hydrogens is 332 g/mol. The van der Waals surface area contributed by atoms with E-state index < -0.39 is 0 Å². The SMILES string of the molecule is c1csc(-c2ccc3c(c2)Nc2ccc(-c4cccs4)cc2N3)c1. The van der Waals surface area contributed by atoms with Gasteiger partial charge in [0.1, 0.15) is 0 Å². The first kappa shape index (κ1) is 13.8. The van der Waals surface area contributed by atoms with Gasteiger partial charge in [-0.15, -0.1) is 22.7 Å². The van der Waals surface area contributed by atoms with Crippen LogP contribution in [0.3, 0.4) is 0 Å². The van der Waals surface area contributed by atoms with Crippen LogP contribution in [0, 0.1) is 0 Å². The highest BCUT2D eigenvalue weighted by Crippen LogP contribution is 2.42. The summed E-state index contributed by atoms with van der Waals surface area (Å²) in [6.07, 6.45) is 0. The second-order valence-electron chi connectivity index (χ2n) is 5.73. The molecule has 2 aromatic carbocycles. The minimum absolute atomic E-state index is 1.12. The second-order valence-corrected chi connectivity index (χ2v) is 7.62. The number of thiophene rings is 2. The van der Waals surface area contributed by atoms with E-state index in [1.54, 1.807) is 22.7 Å². The van der Waals surface area contributed by atoms with E-state index in [9.17, 15) is 0 Å². The van der Waals surface area contributed by atoms with Gasteiger partial charge in [-0.2, -0.15) is 0 Å². The van der Waals surface area contributed by atoms with Crippen molar-refractivity contribution in [3.05, 3.63) is 71.4 Å². The fraction of sp³-hybridized carbons (Fsp3) is 0. The first-order chi connectivity index (χ1) is 11.9. The van der Waals surface area contributed by atoms with Crippen LogP contribution < -0.4 is 10.6 Å². The van der Waals surface area contributed by atoms with E-state index in [1.165, 1.54) is 20.9 Å². The fourth-order valence-electron chi connectivity index (χ4n) is 3.00. The Morgan fingerprint density at radius 2 is 1.04 bits per heavy atom. The molecule has 116 valence electrons. The van der Waals surface area contributed by atoms with Crippen LogP contribution in [0.5, 0.6) is 0 Å². The molecule has 24 heavy (non-hydrogen) atoms. The van der Waals surface area contributed by atoms with E-state index >= 15 is 0 Å². The molecular formula is C20H14N2S2. The molecule has 2 aromatic heterocycles. The van der Waals surface area contributed by atoms with E-state index in [0.29, 0.717) is 0 Å². The molecule has 0 unspecified atom stereocenters. The lowest BCUT2D eigenvalue weighted by atomic mass is 10.1. The van der Waals surface area contributed by atoms with Gasteiger partial charge in [0.05, 0.1) is 22.7 Å². The summed E-state index contributed by atoms with van der Waals surface area (Å²) in [6.45, 7) is 0. The summed E-state index contributed by atoms with van der Waals surface area (Å²) in [4.78, 5) is 2.58. The van der Waals surface area contributed by atoms with Crippen molar-refractivity contribution in [3.63, 3.8) is 0 Å². The standard InChI is InChI=1S/C20H14N2S2/c1-3-19(23-9-1)13-5-7-15-17(11-13)21-16-8-6-14(12-18(16)22-15)20-4-2-10-24-20/h1-12,21-22H. The molecule has 4 aromatic rings. The van der Waals surface area contributed by atoms with Crippen molar-refractivity contribution in [3.8, 4) is 20.9 Å². The van der Waals surface area contributed by atoms with Gasteiger partial charge in [0.15, 0.2) is 0 Å². The maximum absolute atomic E-state index is 3.56. The maximum Gasteiger partial charge on any atom is 0.0630 e. The summed E-state index contributed by atoms with van der Waals surface area (Å²) in [6, 6.07) is 21.6. The van der Waals surface area contributed by atoms with E-state index in [-0.39, 0.29) is 0 Å². The smallest absolute Gasteiger partial charge is 0.0630 e. The Morgan fingerprint density at radius 1 is 0.542 bits per heavy atom. The molecule has 0 bridgehead atoms. The molecule has 0 saturated carbocycles. The number of benzene rings is 2. The summed E-state index contributed by atoms with van der Waals surface area (Å²) in [5.41, 5.74) is 6.97. The van der Waals surface area contributed by atoms with Gasteiger partial charge in [0.2, 0.25) is 0 Å². The third kappa shape index (κ3) is 2.31. The zero-order chi connectivity index (χ0) is 15.9. The Labute approximate surface area is 148 Å². The van der Waals surface area contributed by atoms with Gasteiger partial charge < -0.3 is 10.6 Å². The van der Waals surface area contributed by atoms with Crippen molar-refractivity contribution in [2.24, 2.45) is 0 Å². The Hall–Kier alpha value is -2.56. The molecule has 5 rings (SSSR count). The Morgan fingerprint density at radius 3 is 1.46 bits per heavy atom. The zero-order valence-corrected chi connectivity index (χ0v) is 14.4. The number of hydrogen-bond acceptors (Lipinski definition) is 4. The van der Waals surface area contributed by atoms with E-state index in [4.69, 9.17) is 0 Å². The van der Waals surface area contributed by atoms with Crippen molar-refractivity contribution in [2.75, 3.05) is 10.6 Å². The Kier molecular flexibility index (Phi) is 3.18. The van der Waals surface area contributed by atoms with Crippen LogP contribution in [0.4, 0.5) is 22.7 Å². The van der Waals surface area contributed by atoms with Gasteiger partial charge >= 0.3 is 0 Å². The van der Waals surface area contributed by atoms with Gasteiger partial charge in [-0.05, 0) is 58.3 Å². The highest BCUT2D eigenvalue weighted by Gasteiger charge is 2.16. The Balaban J connectivity index is 1.52. The van der Waals surface area contributed by atoms with Crippen LogP contribution in [0.25, 0.3) is 20.9 Å². The molecule has 3 heterocycles. The summed E-state index contributed by atoms with van der Waals surface area (Å²) in [7, 11) is 0. The molecule has 0 saturated heterocycles. The van der Waals surface area contributed by atoms with E-state index in [0.717, 1.165) is 22.7 Å². The van der Waals surface area contributed by atoms with Crippen LogP contribution in [0.2, 0.25) is 0 Å². The second kappa shape index (κ2) is 5.51. The predicted octanol–water partition coefficient (Wildman–Crippen LogP) is 6.94. The molecule has 0 radical (unpaired) electrons. The van der Waals surface area contributed by atoms with Gasteiger partial charge in [0.25, 0.3) is 0 Å². The quantitative estimate of drug-likeness (QED) is 0.361. The third-order valence-electron chi connectivity index (χ3n) is 4.19. The minimum atomic E-state index is 1.12. The summed E-state index contributed by atoms with van der Waals surface area (Å²) >= 11 is 3.53. The van der Waals surface area contributed by atoms with Crippen molar-refractivity contribution < 1.29 is 0 Å². The molecule has 0 fully saturated rings. The number of fused-ring (bicyclic) bond motifs is 2. The van der Waals surface area contributed by atoms with Crippen LogP contribution >= 0.6 is 22.7 Å². The number of hydrogen-bond donors (Lipinski definition) is 2. The topological polar surface area (TPSA) is 24.1 Å². The molecule has 4 heteroatoms. The Bertz CT molecular complexity index is 919. The van der Waals surface area contributed by atoms with Crippen LogP contribution in [0.15, 0.2) is 71.4 Å². The lowest BCUT2D eigenvalue weighted by Gasteiger charge is -2.24. The van der Waals surface area contributed by atoms with Gasteiger partial charge in [-0.3, -0.25) is 0 Å². The highest BCUT2D eigenvalue weighted by molar-refractivity contribution is 7.13. The molecule has 0 amide bonds. The number of rotatable bonds is 2. The first-order valence-corrected chi connectivity index (χ1v) is 9.53. The average Bonchev–Trinajstić information content (AvgIpc) is 3.32. The summed E-state index contributed by atoms with van der Waals surface area (Å²) in [5, 5.41) is 11.3. The van der Waals surface area contributed by atoms with Crippen molar-refractivity contribution in [1.29, 1.82) is 0 Å². The average molecular weight is 346 g/mol. The molecule has 0 atom stereocenters. The summed E-state index contributed by atoms with van der Waals surface area (Å²) < 4.78 is 0. The molecule has 1 aliphatic rings. The predicted molar refractivity (Wildman–Crippen MR) is 106 cm³/mol. The maximum atomic E-state index is 3.56. The van der Waals surface area contributed by atoms with Gasteiger partial charge in [-0.1, -0.05) is 24.3 Å². The van der Waals surface area contributed by atoms with E-state index in [2.05, 4.69) is 82.1 Å². The van der Waals surface area contributed by atoms with Gasteiger partial charge in [-0.25, -0.2) is 0 Å². The van der Waals surface area contributed by atoms with Crippen LogP contribution in [0.1, 0.15) is 0 Å². The van der Waals surface area contributed by atoms with Crippen molar-refractivity contribution in [1.82, 2.24) is 0 Å². The van der Waals surface area contributed by atoms with Crippen LogP contribution in [-0.4, -0.2) is 0 Å². The normalized spacial score (nSPS) is 12.0. The minimum Gasteiger partial charge on any atom is -0.352 e. The summed E-state index contributed by atoms with van der Waals surface area (Å²) in [5.74, 6) is 0. The van der Waals surface area contributed by atoms with Crippen molar-refractivity contribution >= 4 is 45.4 Å². The largest absolute Gasteiger partial charge is 0.352 e. The van der Waals surface area contributed by atoms with E-state index in [1.807, 2.05) is 0 Å². The lowest BCUT2D eigenvalue weighted by molar-refractivity contribution is 1.45. The number of nitrogens with one attached hydrogen (secondary N) is 2. The fourth-order valence-corrected chi connectivity index (χ4v) is 4.44.